The Hall–Kier alpha value is -4.90. The number of aliphatic hydroxyl groups is 1. The average molecular weight is 774 g/mol. The number of nitrogens with one attached hydrogen (secondary N) is 3. The van der Waals surface area contributed by atoms with Crippen LogP contribution in [0.3, 0.4) is 0 Å². The molecule has 2 saturated heterocycles. The van der Waals surface area contributed by atoms with Crippen LogP contribution in [0.5, 0.6) is 5.75 Å². The Balaban J connectivity index is 0.000000286. The van der Waals surface area contributed by atoms with Crippen LogP contribution in [0.2, 0.25) is 0 Å². The summed E-state index contributed by atoms with van der Waals surface area (Å²) < 4.78 is 48.5. The summed E-state index contributed by atoms with van der Waals surface area (Å²) in [7, 11) is 1.37. The van der Waals surface area contributed by atoms with Gasteiger partial charge in [-0.3, -0.25) is 9.78 Å². The number of primary amides is 1. The highest BCUT2D eigenvalue weighted by Gasteiger charge is 2.43. The van der Waals surface area contributed by atoms with Crippen molar-refractivity contribution in [2.45, 2.75) is 84.3 Å². The quantitative estimate of drug-likeness (QED) is 0.142. The van der Waals surface area contributed by atoms with Crippen molar-refractivity contribution in [1.82, 2.24) is 20.9 Å². The number of carbonyl (C=O) groups excluding carboxylic acids is 3. The van der Waals surface area contributed by atoms with Crippen LogP contribution in [-0.4, -0.2) is 92.7 Å². The van der Waals surface area contributed by atoms with E-state index >= 15 is 0 Å². The number of pyridine rings is 1. The maximum Gasteiger partial charge on any atom is 0.407 e. The first-order valence-electron chi connectivity index (χ1n) is 17.9. The third-order valence-electron chi connectivity index (χ3n) is 9.07. The summed E-state index contributed by atoms with van der Waals surface area (Å²) in [5.41, 5.74) is 8.93. The molecule has 0 bridgehead atoms. The van der Waals surface area contributed by atoms with Crippen molar-refractivity contribution in [3.8, 4) is 16.9 Å². The Bertz CT molecular complexity index is 1580. The van der Waals surface area contributed by atoms with E-state index in [1.165, 1.54) is 19.2 Å². The van der Waals surface area contributed by atoms with Crippen LogP contribution < -0.4 is 26.4 Å². The summed E-state index contributed by atoms with van der Waals surface area (Å²) >= 11 is 0. The summed E-state index contributed by atoms with van der Waals surface area (Å²) in [6.07, 6.45) is 3.08. The molecule has 3 heterocycles. The first-order chi connectivity index (χ1) is 26.2. The number of alkyl halides is 2. The van der Waals surface area contributed by atoms with Gasteiger partial charge in [-0.15, -0.1) is 0 Å². The van der Waals surface area contributed by atoms with E-state index in [-0.39, 0.29) is 48.2 Å². The zero-order valence-electron chi connectivity index (χ0n) is 31.8. The maximum absolute atomic E-state index is 12.2. The summed E-state index contributed by atoms with van der Waals surface area (Å²) in [6.45, 7) is 7.04. The van der Waals surface area contributed by atoms with Gasteiger partial charge in [-0.2, -0.15) is 8.78 Å². The average Bonchev–Trinajstić information content (AvgIpc) is 3.78. The molecule has 0 saturated carbocycles. The number of nitrogens with zero attached hydrogens (tertiary/aromatic N) is 1. The number of fused-ring (bicyclic) bond motifs is 1. The van der Waals surface area contributed by atoms with E-state index in [2.05, 4.69) is 51.2 Å². The number of aromatic nitrogens is 1. The van der Waals surface area contributed by atoms with Gasteiger partial charge in [0.1, 0.15) is 11.9 Å². The lowest BCUT2D eigenvalue weighted by Gasteiger charge is -2.27. The molecule has 1 aromatic heterocycles. The Morgan fingerprint density at radius 2 is 1.65 bits per heavy atom. The molecule has 5 rings (SSSR count). The summed E-state index contributed by atoms with van der Waals surface area (Å²) in [5.74, 6) is 0.270. The van der Waals surface area contributed by atoms with Crippen LogP contribution in [0.25, 0.3) is 11.1 Å². The highest BCUT2D eigenvalue weighted by Crippen LogP contribution is 2.32. The van der Waals surface area contributed by atoms with Gasteiger partial charge in [0.15, 0.2) is 6.29 Å². The molecular formula is C39H53F2N5O9. The molecule has 6 unspecified atom stereocenters. The zero-order valence-corrected chi connectivity index (χ0v) is 31.8. The van der Waals surface area contributed by atoms with Crippen LogP contribution in [0, 0.1) is 11.3 Å². The van der Waals surface area contributed by atoms with Gasteiger partial charge in [0.2, 0.25) is 6.41 Å². The van der Waals surface area contributed by atoms with E-state index in [0.717, 1.165) is 28.7 Å². The molecule has 2 fully saturated rings. The minimum Gasteiger partial charge on any atom is -0.453 e. The lowest BCUT2D eigenvalue weighted by molar-refractivity contribution is -0.110. The molecule has 0 spiro atoms. The van der Waals surface area contributed by atoms with E-state index in [1.54, 1.807) is 24.5 Å². The van der Waals surface area contributed by atoms with Crippen LogP contribution >= 0.6 is 0 Å². The molecule has 14 nitrogen and oxygen atoms in total. The minimum atomic E-state index is -2.86. The number of nitrogens with two attached hydrogens (primary N) is 1. The fourth-order valence-corrected chi connectivity index (χ4v) is 5.47. The van der Waals surface area contributed by atoms with E-state index in [4.69, 9.17) is 19.9 Å². The highest BCUT2D eigenvalue weighted by atomic mass is 19.3. The molecule has 3 amide bonds. The lowest BCUT2D eigenvalue weighted by Crippen LogP contribution is -2.45. The number of hydrogen-bond donors (Lipinski definition) is 5. The highest BCUT2D eigenvalue weighted by molar-refractivity contribution is 5.67. The third-order valence-corrected chi connectivity index (χ3v) is 9.07. The maximum atomic E-state index is 12.2. The third kappa shape index (κ3) is 15.8. The molecule has 0 radical (unpaired) electrons. The topological polar surface area (TPSA) is 193 Å². The molecular weight excluding hydrogens is 720 g/mol. The van der Waals surface area contributed by atoms with Crippen molar-refractivity contribution in [2.75, 3.05) is 26.9 Å². The molecule has 2 aliphatic heterocycles. The standard InChI is InChI=1S/C24H25F2N3O3.C8H17NO2.C7H11NO4/c25-24(26)32-21-7-3-18(4-8-21)14-28-15-23(31)22(29-16-30)13-17-1-5-19(6-2-17)20-9-11-27-12-10-20;1-6(8(2,3)4)9-7(10)11-5;8-7(9)12-5-3-11-6-4(5)1-2-10-6/h1-12,16,22-24,28,31H,13-15H2,(H,29,30);6H,1-5H3,(H,9,10);4-6H,1-3H2,(H2,8,9). The SMILES string of the molecule is COC(=O)NC(C)C(C)(C)C.NC(=O)OC1COC2OCCC12.O=CNC(Cc1ccc(-c2ccncc2)cc1)C(O)CNCc1ccc(OC(F)F)cc1. The Kier molecular flexibility index (Phi) is 18.2. The molecule has 3 aromatic rings. The predicted octanol–water partition coefficient (Wildman–Crippen LogP) is 4.78. The van der Waals surface area contributed by atoms with Crippen molar-refractivity contribution in [2.24, 2.45) is 17.1 Å². The summed E-state index contributed by atoms with van der Waals surface area (Å²) in [6, 6.07) is 17.7. The number of hydrogen-bond acceptors (Lipinski definition) is 11. The molecule has 2 aliphatic rings. The smallest absolute Gasteiger partial charge is 0.407 e. The second-order valence-corrected chi connectivity index (χ2v) is 14.0. The van der Waals surface area contributed by atoms with Gasteiger partial charge in [-0.1, -0.05) is 57.2 Å². The largest absolute Gasteiger partial charge is 0.453 e. The van der Waals surface area contributed by atoms with Crippen LogP contribution in [0.15, 0.2) is 73.1 Å². The fraction of sp³-hybridized carbons (Fsp3) is 0.487. The van der Waals surface area contributed by atoms with Crippen LogP contribution in [0.4, 0.5) is 18.4 Å². The number of carbonyl (C=O) groups is 3. The van der Waals surface area contributed by atoms with E-state index in [0.29, 0.717) is 32.6 Å². The summed E-state index contributed by atoms with van der Waals surface area (Å²) in [5, 5.41) is 19.1. The Morgan fingerprint density at radius 1 is 1.02 bits per heavy atom. The first kappa shape index (κ1) is 44.5. The normalized spacial score (nSPS) is 18.9. The number of benzene rings is 2. The number of ether oxygens (including phenoxy) is 5. The van der Waals surface area contributed by atoms with Crippen molar-refractivity contribution in [3.63, 3.8) is 0 Å². The van der Waals surface area contributed by atoms with Gasteiger partial charge in [0.25, 0.3) is 0 Å². The van der Waals surface area contributed by atoms with Gasteiger partial charge in [-0.25, -0.2) is 9.59 Å². The number of rotatable bonds is 14. The van der Waals surface area contributed by atoms with Gasteiger partial charge in [-0.05, 0) is 71.7 Å². The molecule has 6 N–H and O–H groups in total. The zero-order chi connectivity index (χ0) is 40.4. The predicted molar refractivity (Wildman–Crippen MR) is 200 cm³/mol. The second kappa shape index (κ2) is 22.5. The van der Waals surface area contributed by atoms with Gasteiger partial charge < -0.3 is 50.5 Å². The van der Waals surface area contributed by atoms with Gasteiger partial charge in [0.05, 0.1) is 38.4 Å². The second-order valence-electron chi connectivity index (χ2n) is 14.0. The number of halogens is 2. The Morgan fingerprint density at radius 3 is 2.24 bits per heavy atom. The van der Waals surface area contributed by atoms with Crippen molar-refractivity contribution in [3.05, 3.63) is 84.2 Å². The van der Waals surface area contributed by atoms with E-state index in [9.17, 15) is 28.3 Å². The monoisotopic (exact) mass is 773 g/mol. The first-order valence-corrected chi connectivity index (χ1v) is 17.9. The van der Waals surface area contributed by atoms with Gasteiger partial charge in [0, 0.05) is 31.5 Å². The van der Waals surface area contributed by atoms with E-state index in [1.807, 2.05) is 43.3 Å². The summed E-state index contributed by atoms with van der Waals surface area (Å²) in [4.78, 5) is 36.2. The van der Waals surface area contributed by atoms with Crippen molar-refractivity contribution in [1.29, 1.82) is 0 Å². The molecule has 55 heavy (non-hydrogen) atoms. The van der Waals surface area contributed by atoms with Crippen LogP contribution in [-0.2, 0) is 36.7 Å². The molecule has 0 aliphatic carbocycles. The van der Waals surface area contributed by atoms with Crippen molar-refractivity contribution < 1.29 is 52.0 Å². The fourth-order valence-electron chi connectivity index (χ4n) is 5.47. The number of methoxy groups -OCH3 is 1. The van der Waals surface area contributed by atoms with Crippen LogP contribution in [0.1, 0.15) is 45.2 Å². The molecule has 6 atom stereocenters. The molecule has 2 aromatic carbocycles. The number of amides is 3. The molecule has 16 heteroatoms. The van der Waals surface area contributed by atoms with Crippen molar-refractivity contribution >= 4 is 18.6 Å². The number of alkyl carbamates (subject to hydrolysis) is 1. The lowest BCUT2D eigenvalue weighted by atomic mass is 9.88. The molecule has 302 valence electrons. The van der Waals surface area contributed by atoms with Gasteiger partial charge >= 0.3 is 18.8 Å². The Labute approximate surface area is 320 Å². The van der Waals surface area contributed by atoms with E-state index < -0.39 is 24.9 Å². The minimum absolute atomic E-state index is 0.0776. The number of aliphatic hydroxyl groups excluding tert-OH is 1.